The predicted octanol–water partition coefficient (Wildman–Crippen LogP) is 6.48. The van der Waals surface area contributed by atoms with Crippen LogP contribution in [0.25, 0.3) is 10.8 Å². The van der Waals surface area contributed by atoms with Crippen LogP contribution < -0.4 is 10.0 Å². The molecule has 4 saturated carbocycles. The van der Waals surface area contributed by atoms with Gasteiger partial charge in [0, 0.05) is 6.54 Å². The molecule has 0 spiro atoms. The van der Waals surface area contributed by atoms with E-state index in [1.165, 1.54) is 12.5 Å². The van der Waals surface area contributed by atoms with Gasteiger partial charge in [-0.2, -0.15) is 0 Å². The van der Waals surface area contributed by atoms with Crippen LogP contribution in [0.3, 0.4) is 0 Å². The number of hydrogen-bond donors (Lipinski definition) is 4. The number of benzene rings is 2. The lowest BCUT2D eigenvalue weighted by Crippen LogP contribution is -2.62. The van der Waals surface area contributed by atoms with E-state index in [1.54, 1.807) is 12.1 Å². The first-order chi connectivity index (χ1) is 20.9. The minimum Gasteiger partial charge on any atom is -0.393 e. The molecule has 0 saturated heterocycles. The third-order valence-electron chi connectivity index (χ3n) is 13.3. The van der Waals surface area contributed by atoms with Crippen LogP contribution >= 0.6 is 0 Å². The molecule has 0 aromatic heterocycles. The highest BCUT2D eigenvalue weighted by atomic mass is 32.2. The normalized spacial score (nSPS) is 39.1. The third kappa shape index (κ3) is 5.37. The van der Waals surface area contributed by atoms with E-state index in [1.807, 2.05) is 24.3 Å². The summed E-state index contributed by atoms with van der Waals surface area (Å²) in [5.41, 5.74) is 0.345. The fraction of sp³-hybridized carbons (Fsp3) is 0.694. The first-order valence-electron chi connectivity index (χ1n) is 17.0. The summed E-state index contributed by atoms with van der Waals surface area (Å²) in [5.74, 6) is 2.85. The molecule has 2 aromatic carbocycles. The van der Waals surface area contributed by atoms with E-state index in [0.29, 0.717) is 42.1 Å². The molecule has 6 rings (SSSR count). The molecule has 11 atom stereocenters. The van der Waals surface area contributed by atoms with Crippen LogP contribution in [-0.2, 0) is 10.0 Å². The zero-order valence-electron chi connectivity index (χ0n) is 26.8. The molecule has 2 aromatic rings. The van der Waals surface area contributed by atoms with Crippen LogP contribution in [0.1, 0.15) is 85.5 Å². The zero-order valence-corrected chi connectivity index (χ0v) is 27.7. The van der Waals surface area contributed by atoms with Crippen LogP contribution in [0.5, 0.6) is 0 Å². The predicted molar refractivity (Wildman–Crippen MR) is 173 cm³/mol. The van der Waals surface area contributed by atoms with Crippen molar-refractivity contribution in [3.05, 3.63) is 42.5 Å². The number of sulfonamides is 1. The summed E-state index contributed by atoms with van der Waals surface area (Å²) in [6, 6.07) is 11.7. The minimum atomic E-state index is -3.98. The Morgan fingerprint density at radius 2 is 1.66 bits per heavy atom. The van der Waals surface area contributed by atoms with Crippen LogP contribution in [0.15, 0.2) is 47.4 Å². The van der Waals surface area contributed by atoms with Crippen molar-refractivity contribution in [2.45, 2.75) is 103 Å². The van der Waals surface area contributed by atoms with Crippen molar-refractivity contribution in [2.75, 3.05) is 6.54 Å². The number of carbonyl (C=O) groups excluding carboxylic acids is 1. The quantitative estimate of drug-likeness (QED) is 0.282. The van der Waals surface area contributed by atoms with Gasteiger partial charge in [0.15, 0.2) is 0 Å². The molecule has 242 valence electrons. The molecule has 44 heavy (non-hydrogen) atoms. The van der Waals surface area contributed by atoms with Gasteiger partial charge in [-0.3, -0.25) is 0 Å². The van der Waals surface area contributed by atoms with E-state index < -0.39 is 16.1 Å². The van der Waals surface area contributed by atoms with Crippen molar-refractivity contribution in [1.82, 2.24) is 10.0 Å². The molecule has 0 heterocycles. The first kappa shape index (κ1) is 31.8. The Morgan fingerprint density at radius 1 is 0.955 bits per heavy atom. The second-order valence-corrected chi connectivity index (χ2v) is 16.9. The van der Waals surface area contributed by atoms with Gasteiger partial charge >= 0.3 is 6.03 Å². The number of carbonyl (C=O) groups is 1. The van der Waals surface area contributed by atoms with Crippen LogP contribution in [0.2, 0.25) is 0 Å². The van der Waals surface area contributed by atoms with E-state index >= 15 is 0 Å². The SMILES string of the molecule is CC[C@H]1[C@@H](O)[C@@H]2[C@H](CC[C@]3(C)[C@@H]([C@H](C)CCNC(=O)NS(=O)(=O)c4ccc5ccccc5c4)CC[C@@H]23)[C@@]2(C)CC[C@@H](O)C[C@@H]12. The third-order valence-corrected chi connectivity index (χ3v) is 14.6. The highest BCUT2D eigenvalue weighted by Gasteiger charge is 2.64. The second-order valence-electron chi connectivity index (χ2n) is 15.3. The lowest BCUT2D eigenvalue weighted by Gasteiger charge is -2.64. The number of nitrogens with one attached hydrogen (secondary N) is 2. The Hall–Kier alpha value is -2.16. The molecule has 0 bridgehead atoms. The van der Waals surface area contributed by atoms with Crippen molar-refractivity contribution in [1.29, 1.82) is 0 Å². The fourth-order valence-electron chi connectivity index (χ4n) is 11.1. The maximum atomic E-state index is 12.9. The lowest BCUT2D eigenvalue weighted by molar-refractivity contribution is -0.203. The summed E-state index contributed by atoms with van der Waals surface area (Å²) in [6.07, 6.45) is 8.58. The molecule has 0 unspecified atom stereocenters. The van der Waals surface area contributed by atoms with Crippen molar-refractivity contribution in [3.63, 3.8) is 0 Å². The monoisotopic (exact) mass is 624 g/mol. The standard InChI is InChI=1S/C36H52N2O5S/c1-5-27-31-21-25(39)14-17-36(31,4)30-15-18-35(3)28(12-13-29(35)32(30)33(27)40)22(2)16-19-37-34(41)38-44(42,43)26-11-10-23-8-6-7-9-24(23)20-26/h6-11,20,22,25,27-33,39-40H,5,12-19,21H2,1-4H3,(H2,37,38,41)/t22-,25-,27-,28-,29+,30+,31+,32+,33-,35-,36-/m1/s1. The smallest absolute Gasteiger partial charge is 0.328 e. The summed E-state index contributed by atoms with van der Waals surface area (Å²) < 4.78 is 28.0. The molecule has 0 radical (unpaired) electrons. The van der Waals surface area contributed by atoms with Gasteiger partial charge in [0.05, 0.1) is 17.1 Å². The average Bonchev–Trinajstić information content (AvgIpc) is 3.35. The zero-order chi connectivity index (χ0) is 31.4. The van der Waals surface area contributed by atoms with Gasteiger partial charge in [0.1, 0.15) is 0 Å². The molecule has 4 aliphatic carbocycles. The van der Waals surface area contributed by atoms with Crippen molar-refractivity contribution < 1.29 is 23.4 Å². The summed E-state index contributed by atoms with van der Waals surface area (Å²) in [4.78, 5) is 12.7. The Morgan fingerprint density at radius 3 is 2.41 bits per heavy atom. The Bertz CT molecular complexity index is 1480. The summed E-state index contributed by atoms with van der Waals surface area (Å²) in [6.45, 7) is 9.84. The summed E-state index contributed by atoms with van der Waals surface area (Å²) >= 11 is 0. The number of rotatable bonds is 7. The van der Waals surface area contributed by atoms with Crippen LogP contribution in [0, 0.1) is 52.3 Å². The highest BCUT2D eigenvalue weighted by Crippen LogP contribution is 2.69. The molecule has 4 fully saturated rings. The molecule has 0 aliphatic heterocycles. The van der Waals surface area contributed by atoms with Gasteiger partial charge in [-0.15, -0.1) is 0 Å². The summed E-state index contributed by atoms with van der Waals surface area (Å²) in [7, 11) is -3.98. The van der Waals surface area contributed by atoms with Gasteiger partial charge in [0.2, 0.25) is 0 Å². The second kappa shape index (κ2) is 11.9. The van der Waals surface area contributed by atoms with Crippen LogP contribution in [-0.4, -0.2) is 43.4 Å². The van der Waals surface area contributed by atoms with E-state index in [0.717, 1.165) is 62.1 Å². The van der Waals surface area contributed by atoms with E-state index in [9.17, 15) is 23.4 Å². The Kier molecular flexibility index (Phi) is 8.59. The minimum absolute atomic E-state index is 0.0695. The molecular weight excluding hydrogens is 572 g/mol. The largest absolute Gasteiger partial charge is 0.393 e. The number of aliphatic hydroxyl groups excluding tert-OH is 2. The molecular formula is C36H52N2O5S. The van der Waals surface area contributed by atoms with Gasteiger partial charge in [-0.25, -0.2) is 17.9 Å². The lowest BCUT2D eigenvalue weighted by atomic mass is 9.41. The van der Waals surface area contributed by atoms with Crippen molar-refractivity contribution >= 4 is 26.8 Å². The van der Waals surface area contributed by atoms with Gasteiger partial charge in [-0.05, 0) is 127 Å². The van der Waals surface area contributed by atoms with Gasteiger partial charge in [0.25, 0.3) is 10.0 Å². The molecule has 7 nitrogen and oxygen atoms in total. The fourth-order valence-corrected chi connectivity index (χ4v) is 12.1. The van der Waals surface area contributed by atoms with Crippen LogP contribution in [0.4, 0.5) is 4.79 Å². The van der Waals surface area contributed by atoms with Crippen molar-refractivity contribution in [3.8, 4) is 0 Å². The van der Waals surface area contributed by atoms with E-state index in [2.05, 4.69) is 37.7 Å². The number of fused-ring (bicyclic) bond motifs is 6. The van der Waals surface area contributed by atoms with Gasteiger partial charge in [-0.1, -0.05) is 64.4 Å². The number of hydrogen-bond acceptors (Lipinski definition) is 5. The topological polar surface area (TPSA) is 116 Å². The molecule has 4 aliphatic rings. The Balaban J connectivity index is 1.08. The summed E-state index contributed by atoms with van der Waals surface area (Å²) in [5, 5.41) is 27.0. The van der Waals surface area contributed by atoms with Gasteiger partial charge < -0.3 is 15.5 Å². The van der Waals surface area contributed by atoms with E-state index in [4.69, 9.17) is 0 Å². The number of aliphatic hydroxyl groups is 2. The maximum absolute atomic E-state index is 12.9. The molecule has 8 heteroatoms. The maximum Gasteiger partial charge on any atom is 0.328 e. The average molecular weight is 625 g/mol. The first-order valence-corrected chi connectivity index (χ1v) is 18.5. The molecule has 4 N–H and O–H groups in total. The van der Waals surface area contributed by atoms with Crippen molar-refractivity contribution in [2.24, 2.45) is 52.3 Å². The molecule has 2 amide bonds. The number of urea groups is 1. The highest BCUT2D eigenvalue weighted by molar-refractivity contribution is 7.90. The Labute approximate surface area is 263 Å². The number of amides is 2. The van der Waals surface area contributed by atoms with E-state index in [-0.39, 0.29) is 33.9 Å².